The van der Waals surface area contributed by atoms with Gasteiger partial charge in [-0.1, -0.05) is 24.3 Å². The highest BCUT2D eigenvalue weighted by Gasteiger charge is 2.36. The molecule has 0 radical (unpaired) electrons. The monoisotopic (exact) mass is 861 g/mol. The van der Waals surface area contributed by atoms with Gasteiger partial charge in [0, 0.05) is 23.5 Å². The highest BCUT2D eigenvalue weighted by atomic mass is 16.5. The van der Waals surface area contributed by atoms with Gasteiger partial charge >= 0.3 is 0 Å². The highest BCUT2D eigenvalue weighted by molar-refractivity contribution is 5.60. The molecule has 6 aromatic rings. The lowest BCUT2D eigenvalue weighted by atomic mass is 9.75. The summed E-state index contributed by atoms with van der Waals surface area (Å²) in [6.07, 6.45) is 35.6. The molecule has 4 aromatic heterocycles. The first kappa shape index (κ1) is 42.0. The molecule has 2 N–H and O–H groups in total. The van der Waals surface area contributed by atoms with Crippen molar-refractivity contribution in [3.63, 3.8) is 0 Å². The van der Waals surface area contributed by atoms with Crippen LogP contribution >= 0.6 is 0 Å². The summed E-state index contributed by atoms with van der Waals surface area (Å²) in [7, 11) is 0. The van der Waals surface area contributed by atoms with Crippen LogP contribution in [0.25, 0.3) is 11.0 Å². The molecule has 0 aliphatic heterocycles. The van der Waals surface area contributed by atoms with Gasteiger partial charge in [0.2, 0.25) is 0 Å². The lowest BCUT2D eigenvalue weighted by Crippen LogP contribution is -2.21. The van der Waals surface area contributed by atoms with Crippen LogP contribution in [-0.2, 0) is 0 Å². The SMILES string of the molecule is O[C@@H](c1c(C2CC2)ccn2cncc12)C1CCC(c2ccc(OC3CCCC3)cc2)CC1.O[C@H](c1c(C2CC2)ccn2cncc12)C1CCC(c2ccc(OC3CCCC3)cc2)CC1. The molecule has 2 atom stereocenters. The van der Waals surface area contributed by atoms with Crippen molar-refractivity contribution in [3.8, 4) is 11.5 Å². The third kappa shape index (κ3) is 9.11. The van der Waals surface area contributed by atoms with E-state index in [1.54, 1.807) is 0 Å². The Morgan fingerprint density at radius 1 is 0.438 bits per heavy atom. The van der Waals surface area contributed by atoms with Crippen LogP contribution in [-0.4, -0.2) is 41.2 Å². The summed E-state index contributed by atoms with van der Waals surface area (Å²) < 4.78 is 16.4. The minimum Gasteiger partial charge on any atom is -0.490 e. The van der Waals surface area contributed by atoms with Crippen LogP contribution in [0.5, 0.6) is 11.5 Å². The van der Waals surface area contributed by atoms with Gasteiger partial charge in [0.05, 0.1) is 60.5 Å². The van der Waals surface area contributed by atoms with Crippen molar-refractivity contribution in [3.05, 3.63) is 131 Å². The standard InChI is InChI=1S/2C28H34N2O2/c2*31-28(27-25(21-7-8-21)15-16-30-18-29-17-26(27)30)22-9-5-19(6-10-22)20-11-13-24(14-12-20)32-23-3-1-2-4-23/h2*11-19,21-23,28,31H,1-10H2/t2*19?,22?,28-/m10/s1. The number of nitrogens with zero attached hydrogens (tertiary/aromatic N) is 4. The summed E-state index contributed by atoms with van der Waals surface area (Å²) in [6, 6.07) is 22.2. The molecule has 12 rings (SSSR count). The Bertz CT molecular complexity index is 2280. The number of hydrogen-bond donors (Lipinski definition) is 2. The van der Waals surface area contributed by atoms with Gasteiger partial charge in [0.15, 0.2) is 0 Å². The Balaban J connectivity index is 0.000000143. The van der Waals surface area contributed by atoms with Gasteiger partial charge in [-0.15, -0.1) is 0 Å². The molecular weight excluding hydrogens is 793 g/mol. The van der Waals surface area contributed by atoms with Crippen LogP contribution in [0.4, 0.5) is 0 Å². The van der Waals surface area contributed by atoms with Crippen LogP contribution in [0.2, 0.25) is 0 Å². The minimum absolute atomic E-state index is 0.329. The smallest absolute Gasteiger partial charge is 0.119 e. The number of aliphatic hydroxyl groups excluding tert-OH is 2. The topological polar surface area (TPSA) is 93.5 Å². The van der Waals surface area contributed by atoms with E-state index in [1.807, 2.05) is 25.0 Å². The van der Waals surface area contributed by atoms with Crippen molar-refractivity contribution < 1.29 is 19.7 Å². The molecule has 6 saturated carbocycles. The van der Waals surface area contributed by atoms with Gasteiger partial charge in [-0.2, -0.15) is 0 Å². The number of hydrogen-bond acceptors (Lipinski definition) is 6. The Labute approximate surface area is 379 Å². The lowest BCUT2D eigenvalue weighted by Gasteiger charge is -2.33. The van der Waals surface area contributed by atoms with Gasteiger partial charge in [-0.25, -0.2) is 9.97 Å². The summed E-state index contributed by atoms with van der Waals surface area (Å²) in [4.78, 5) is 8.69. The van der Waals surface area contributed by atoms with Crippen LogP contribution in [0, 0.1) is 11.8 Å². The largest absolute Gasteiger partial charge is 0.490 e. The maximum absolute atomic E-state index is 11.5. The zero-order chi connectivity index (χ0) is 43.0. The number of imidazole rings is 2. The van der Waals surface area contributed by atoms with Crippen LogP contribution in [0.15, 0.2) is 98.1 Å². The van der Waals surface area contributed by atoms with E-state index in [4.69, 9.17) is 9.47 Å². The lowest BCUT2D eigenvalue weighted by molar-refractivity contribution is 0.0808. The fraction of sp³-hybridized carbons (Fsp3) is 0.536. The van der Waals surface area contributed by atoms with Crippen molar-refractivity contribution in [2.45, 2.75) is 177 Å². The van der Waals surface area contributed by atoms with E-state index < -0.39 is 12.2 Å². The van der Waals surface area contributed by atoms with Gasteiger partial charge in [0.1, 0.15) is 11.5 Å². The Morgan fingerprint density at radius 2 is 0.797 bits per heavy atom. The molecule has 0 unspecified atom stereocenters. The Hall–Kier alpha value is -4.66. The van der Waals surface area contributed by atoms with E-state index in [0.29, 0.717) is 47.7 Å². The zero-order valence-corrected chi connectivity index (χ0v) is 37.7. The first-order chi connectivity index (χ1) is 31.5. The molecule has 0 saturated heterocycles. The van der Waals surface area contributed by atoms with Gasteiger partial charge in [0.25, 0.3) is 0 Å². The molecular formula is C56H68N4O4. The third-order valence-corrected chi connectivity index (χ3v) is 16.3. The normalized spacial score (nSPS) is 25.3. The second-order valence-corrected chi connectivity index (χ2v) is 20.6. The molecule has 0 spiro atoms. The van der Waals surface area contributed by atoms with E-state index in [0.717, 1.165) is 85.0 Å². The molecule has 0 bridgehead atoms. The predicted octanol–water partition coefficient (Wildman–Crippen LogP) is 13.1. The van der Waals surface area contributed by atoms with E-state index in [-0.39, 0.29) is 0 Å². The van der Waals surface area contributed by atoms with Crippen molar-refractivity contribution in [2.75, 3.05) is 0 Å². The van der Waals surface area contributed by atoms with E-state index >= 15 is 0 Å². The average Bonchev–Trinajstić information content (AvgIpc) is 4.06. The first-order valence-electron chi connectivity index (χ1n) is 25.3. The molecule has 6 aliphatic carbocycles. The molecule has 6 fully saturated rings. The number of rotatable bonds is 12. The quantitative estimate of drug-likeness (QED) is 0.127. The molecule has 4 heterocycles. The van der Waals surface area contributed by atoms with Crippen LogP contribution in [0.1, 0.15) is 198 Å². The molecule has 336 valence electrons. The predicted molar refractivity (Wildman–Crippen MR) is 252 cm³/mol. The molecule has 8 heteroatoms. The second kappa shape index (κ2) is 18.7. The van der Waals surface area contributed by atoms with Crippen LogP contribution < -0.4 is 9.47 Å². The van der Waals surface area contributed by atoms with E-state index in [9.17, 15) is 10.2 Å². The van der Waals surface area contributed by atoms with Crippen molar-refractivity contribution in [1.29, 1.82) is 0 Å². The average molecular weight is 861 g/mol. The number of ether oxygens (including phenoxy) is 2. The van der Waals surface area contributed by atoms with Gasteiger partial charge < -0.3 is 28.5 Å². The fourth-order valence-corrected chi connectivity index (χ4v) is 12.2. The number of benzene rings is 2. The summed E-state index contributed by atoms with van der Waals surface area (Å²) in [5, 5.41) is 23.0. The molecule has 2 aromatic carbocycles. The number of fused-ring (bicyclic) bond motifs is 2. The Morgan fingerprint density at radius 3 is 1.16 bits per heavy atom. The van der Waals surface area contributed by atoms with E-state index in [1.165, 1.54) is 99.3 Å². The van der Waals surface area contributed by atoms with Crippen molar-refractivity contribution >= 4 is 11.0 Å². The third-order valence-electron chi connectivity index (χ3n) is 16.3. The van der Waals surface area contributed by atoms with Gasteiger partial charge in [-0.05, 0) is 223 Å². The maximum Gasteiger partial charge on any atom is 0.119 e. The van der Waals surface area contributed by atoms with E-state index in [2.05, 4.69) is 91.8 Å². The molecule has 64 heavy (non-hydrogen) atoms. The minimum atomic E-state index is -0.394. The second-order valence-electron chi connectivity index (χ2n) is 20.6. The first-order valence-corrected chi connectivity index (χ1v) is 25.3. The highest BCUT2D eigenvalue weighted by Crippen LogP contribution is 2.50. The number of pyridine rings is 2. The van der Waals surface area contributed by atoms with Crippen LogP contribution in [0.3, 0.4) is 0 Å². The maximum atomic E-state index is 11.5. The summed E-state index contributed by atoms with van der Waals surface area (Å²) in [5.74, 6) is 5.13. The van der Waals surface area contributed by atoms with Crippen molar-refractivity contribution in [2.24, 2.45) is 11.8 Å². The molecule has 0 amide bonds. The summed E-state index contributed by atoms with van der Waals surface area (Å²) >= 11 is 0. The summed E-state index contributed by atoms with van der Waals surface area (Å²) in [6.45, 7) is 0. The molecule has 8 nitrogen and oxygen atoms in total. The van der Waals surface area contributed by atoms with Gasteiger partial charge in [-0.3, -0.25) is 0 Å². The van der Waals surface area contributed by atoms with Crippen molar-refractivity contribution in [1.82, 2.24) is 18.8 Å². The Kier molecular flexibility index (Phi) is 12.3. The molecule has 6 aliphatic rings. The number of aliphatic hydroxyl groups is 2. The number of aromatic nitrogens is 4. The summed E-state index contributed by atoms with van der Waals surface area (Å²) in [5.41, 5.74) is 10.0. The zero-order valence-electron chi connectivity index (χ0n) is 37.7. The fourth-order valence-electron chi connectivity index (χ4n) is 12.2.